The molecule has 1 aliphatic carbocycles. The number of fused-ring (bicyclic) bond motifs is 1. The van der Waals surface area contributed by atoms with Gasteiger partial charge >= 0.3 is 0 Å². The van der Waals surface area contributed by atoms with E-state index in [9.17, 15) is 0 Å². The average molecular weight is 261 g/mol. The van der Waals surface area contributed by atoms with E-state index in [-0.39, 0.29) is 0 Å². The fourth-order valence-corrected chi connectivity index (χ4v) is 2.92. The Morgan fingerprint density at radius 3 is 2.75 bits per heavy atom. The lowest BCUT2D eigenvalue weighted by atomic mass is 9.95. The van der Waals surface area contributed by atoms with Crippen LogP contribution in [0.15, 0.2) is 67.4 Å². The van der Waals surface area contributed by atoms with Crippen LogP contribution < -0.4 is 0 Å². The summed E-state index contributed by atoms with van der Waals surface area (Å²) >= 11 is 0. The number of pyridine rings is 1. The normalized spacial score (nSPS) is 16.6. The monoisotopic (exact) mass is 261 g/mol. The zero-order chi connectivity index (χ0) is 13.8. The van der Waals surface area contributed by atoms with Gasteiger partial charge in [0.2, 0.25) is 0 Å². The van der Waals surface area contributed by atoms with Crippen LogP contribution in [-0.2, 0) is 6.42 Å². The molecule has 0 radical (unpaired) electrons. The van der Waals surface area contributed by atoms with Gasteiger partial charge in [-0.3, -0.25) is 4.98 Å². The molecule has 0 saturated heterocycles. The lowest BCUT2D eigenvalue weighted by Gasteiger charge is -2.10. The Labute approximate surface area is 120 Å². The van der Waals surface area contributed by atoms with Crippen molar-refractivity contribution in [1.82, 2.24) is 4.98 Å². The Balaban J connectivity index is 1.88. The zero-order valence-corrected chi connectivity index (χ0v) is 11.6. The minimum atomic E-state index is 0.459. The molecule has 1 heterocycles. The van der Waals surface area contributed by atoms with Gasteiger partial charge in [-0.1, -0.05) is 42.5 Å². The van der Waals surface area contributed by atoms with Crippen molar-refractivity contribution in [2.75, 3.05) is 0 Å². The Morgan fingerprint density at radius 1 is 1.10 bits per heavy atom. The van der Waals surface area contributed by atoms with Crippen molar-refractivity contribution in [3.63, 3.8) is 0 Å². The predicted octanol–water partition coefficient (Wildman–Crippen LogP) is 4.77. The van der Waals surface area contributed by atoms with Gasteiger partial charge in [-0.15, -0.1) is 6.58 Å². The Bertz CT molecular complexity index is 625. The topological polar surface area (TPSA) is 12.9 Å². The third-order valence-electron chi connectivity index (χ3n) is 3.88. The van der Waals surface area contributed by atoms with Crippen LogP contribution in [0.3, 0.4) is 0 Å². The maximum absolute atomic E-state index is 4.46. The minimum absolute atomic E-state index is 0.459. The van der Waals surface area contributed by atoms with Crippen LogP contribution in [0.1, 0.15) is 35.6 Å². The van der Waals surface area contributed by atoms with Crippen molar-refractivity contribution in [3.8, 4) is 0 Å². The molecule has 0 saturated carbocycles. The smallest absolute Gasteiger partial charge is 0.0412 e. The van der Waals surface area contributed by atoms with Gasteiger partial charge in [0.15, 0.2) is 0 Å². The largest absolute Gasteiger partial charge is 0.261 e. The molecule has 1 nitrogen and oxygen atoms in total. The van der Waals surface area contributed by atoms with Gasteiger partial charge in [0.05, 0.1) is 0 Å². The molecule has 0 aliphatic heterocycles. The lowest BCUT2D eigenvalue weighted by molar-refractivity contribution is 0.821. The summed E-state index contributed by atoms with van der Waals surface area (Å²) < 4.78 is 0. The van der Waals surface area contributed by atoms with Crippen LogP contribution >= 0.6 is 0 Å². The molecule has 100 valence electrons. The van der Waals surface area contributed by atoms with E-state index < -0.39 is 0 Å². The third kappa shape index (κ3) is 2.57. The van der Waals surface area contributed by atoms with Crippen LogP contribution in [0.25, 0.3) is 5.57 Å². The van der Waals surface area contributed by atoms with E-state index in [1.807, 2.05) is 18.3 Å². The van der Waals surface area contributed by atoms with E-state index >= 15 is 0 Å². The molecule has 3 rings (SSSR count). The molecule has 0 fully saturated rings. The van der Waals surface area contributed by atoms with E-state index in [0.29, 0.717) is 5.92 Å². The standard InChI is InChI=1S/C19H19N/c1-2-3-8-15-13-16(14-17-9-6-7-12-20-17)19-11-5-4-10-18(15)19/h2,4-7,9-13,16H,1,3,8,14H2. The average Bonchev–Trinajstić information content (AvgIpc) is 2.85. The summed E-state index contributed by atoms with van der Waals surface area (Å²) in [5, 5.41) is 0. The Morgan fingerprint density at radius 2 is 1.95 bits per heavy atom. The van der Waals surface area contributed by atoms with Crippen molar-refractivity contribution < 1.29 is 0 Å². The van der Waals surface area contributed by atoms with Gasteiger partial charge < -0.3 is 0 Å². The second-order valence-electron chi connectivity index (χ2n) is 5.24. The van der Waals surface area contributed by atoms with Crippen molar-refractivity contribution in [1.29, 1.82) is 0 Å². The number of hydrogen-bond acceptors (Lipinski definition) is 1. The van der Waals surface area contributed by atoms with E-state index in [4.69, 9.17) is 0 Å². The summed E-state index contributed by atoms with van der Waals surface area (Å²) in [6.07, 6.45) is 9.39. The van der Waals surface area contributed by atoms with Gasteiger partial charge in [-0.05, 0) is 41.7 Å². The third-order valence-corrected chi connectivity index (χ3v) is 3.88. The lowest BCUT2D eigenvalue weighted by Crippen LogP contribution is -1.99. The van der Waals surface area contributed by atoms with Gasteiger partial charge in [0.25, 0.3) is 0 Å². The van der Waals surface area contributed by atoms with Crippen LogP contribution in [-0.4, -0.2) is 4.98 Å². The first-order valence-corrected chi connectivity index (χ1v) is 7.19. The number of nitrogens with zero attached hydrogens (tertiary/aromatic N) is 1. The number of aromatic nitrogens is 1. The highest BCUT2D eigenvalue weighted by Gasteiger charge is 2.22. The highest BCUT2D eigenvalue weighted by atomic mass is 14.7. The maximum Gasteiger partial charge on any atom is 0.0412 e. The van der Waals surface area contributed by atoms with Crippen LogP contribution in [0.4, 0.5) is 0 Å². The number of allylic oxidation sites excluding steroid dienone is 3. The molecule has 0 spiro atoms. The van der Waals surface area contributed by atoms with E-state index in [0.717, 1.165) is 25.0 Å². The van der Waals surface area contributed by atoms with Gasteiger partial charge in [0, 0.05) is 24.2 Å². The van der Waals surface area contributed by atoms with Gasteiger partial charge in [-0.2, -0.15) is 0 Å². The van der Waals surface area contributed by atoms with E-state index in [1.54, 1.807) is 0 Å². The first-order valence-electron chi connectivity index (χ1n) is 7.19. The second kappa shape index (κ2) is 5.87. The Kier molecular flexibility index (Phi) is 3.78. The minimum Gasteiger partial charge on any atom is -0.261 e. The fraction of sp³-hybridized carbons (Fsp3) is 0.211. The molecule has 1 aliphatic rings. The first kappa shape index (κ1) is 12.9. The fourth-order valence-electron chi connectivity index (χ4n) is 2.92. The first-order chi connectivity index (χ1) is 9.88. The van der Waals surface area contributed by atoms with Crippen LogP contribution in [0.5, 0.6) is 0 Å². The molecule has 1 heteroatoms. The summed E-state index contributed by atoms with van der Waals surface area (Å²) in [6, 6.07) is 14.9. The van der Waals surface area contributed by atoms with Gasteiger partial charge in [-0.25, -0.2) is 0 Å². The van der Waals surface area contributed by atoms with E-state index in [1.165, 1.54) is 16.7 Å². The Hall–Kier alpha value is -2.15. The molecule has 0 bridgehead atoms. The van der Waals surface area contributed by atoms with Gasteiger partial charge in [0.1, 0.15) is 0 Å². The molecular weight excluding hydrogens is 242 g/mol. The van der Waals surface area contributed by atoms with Crippen molar-refractivity contribution in [3.05, 3.63) is 84.2 Å². The quantitative estimate of drug-likeness (QED) is 0.706. The van der Waals surface area contributed by atoms with Crippen molar-refractivity contribution in [2.45, 2.75) is 25.2 Å². The maximum atomic E-state index is 4.46. The summed E-state index contributed by atoms with van der Waals surface area (Å²) in [4.78, 5) is 4.46. The van der Waals surface area contributed by atoms with Crippen LogP contribution in [0, 0.1) is 0 Å². The molecule has 1 unspecified atom stereocenters. The zero-order valence-electron chi connectivity index (χ0n) is 11.6. The van der Waals surface area contributed by atoms with Crippen molar-refractivity contribution >= 4 is 5.57 Å². The van der Waals surface area contributed by atoms with Crippen LogP contribution in [0.2, 0.25) is 0 Å². The highest BCUT2D eigenvalue weighted by molar-refractivity contribution is 5.75. The number of hydrogen-bond donors (Lipinski definition) is 0. The highest BCUT2D eigenvalue weighted by Crippen LogP contribution is 2.39. The van der Waals surface area contributed by atoms with E-state index in [2.05, 4.69) is 54.0 Å². The molecule has 0 amide bonds. The molecule has 1 aromatic carbocycles. The molecular formula is C19H19N. The summed E-state index contributed by atoms with van der Waals surface area (Å²) in [6.45, 7) is 3.83. The summed E-state index contributed by atoms with van der Waals surface area (Å²) in [5.41, 5.74) is 5.47. The molecule has 0 N–H and O–H groups in total. The molecule has 2 aromatic rings. The number of benzene rings is 1. The summed E-state index contributed by atoms with van der Waals surface area (Å²) in [7, 11) is 0. The predicted molar refractivity (Wildman–Crippen MR) is 84.5 cm³/mol. The molecule has 20 heavy (non-hydrogen) atoms. The second-order valence-corrected chi connectivity index (χ2v) is 5.24. The summed E-state index contributed by atoms with van der Waals surface area (Å²) in [5.74, 6) is 0.459. The molecule has 1 aromatic heterocycles. The van der Waals surface area contributed by atoms with Crippen molar-refractivity contribution in [2.24, 2.45) is 0 Å². The SMILES string of the molecule is C=CCCC1=CC(Cc2ccccn2)c2ccccc21. The molecule has 1 atom stereocenters. The number of rotatable bonds is 5.